The van der Waals surface area contributed by atoms with Crippen LogP contribution in [0.5, 0.6) is 0 Å². The van der Waals surface area contributed by atoms with Crippen molar-refractivity contribution in [1.29, 1.82) is 0 Å². The Balaban J connectivity index is 1.55. The number of halogens is 2. The second kappa shape index (κ2) is 12.7. The Morgan fingerprint density at radius 1 is 0.925 bits per heavy atom. The molecule has 2 aliphatic heterocycles. The quantitative estimate of drug-likeness (QED) is 0.484. The number of hydrogen-bond donors (Lipinski definition) is 1. The van der Waals surface area contributed by atoms with E-state index >= 15 is 0 Å². The van der Waals surface area contributed by atoms with Crippen LogP contribution in [0.4, 0.5) is 4.79 Å². The van der Waals surface area contributed by atoms with E-state index in [2.05, 4.69) is 66.7 Å². The van der Waals surface area contributed by atoms with Crippen molar-refractivity contribution >= 4 is 35.1 Å². The monoisotopic (exact) mass is 587 g/mol. The van der Waals surface area contributed by atoms with Gasteiger partial charge in [-0.2, -0.15) is 0 Å². The number of carbonyl (C=O) groups is 2. The number of hydrogen-bond acceptors (Lipinski definition) is 4. The van der Waals surface area contributed by atoms with Gasteiger partial charge in [-0.05, 0) is 54.2 Å². The van der Waals surface area contributed by atoms with Gasteiger partial charge in [0, 0.05) is 60.9 Å². The smallest absolute Gasteiger partial charge is 0.315 e. The number of rotatable bonds is 6. The Kier molecular flexibility index (Phi) is 9.71. The molecule has 2 fully saturated rings. The van der Waals surface area contributed by atoms with Crippen molar-refractivity contribution in [3.8, 4) is 0 Å². The van der Waals surface area contributed by atoms with Gasteiger partial charge in [-0.1, -0.05) is 75.2 Å². The van der Waals surface area contributed by atoms with Crippen molar-refractivity contribution in [2.75, 3.05) is 39.3 Å². The van der Waals surface area contributed by atoms with E-state index in [0.29, 0.717) is 36.2 Å². The van der Waals surface area contributed by atoms with Crippen LogP contribution in [0.3, 0.4) is 0 Å². The van der Waals surface area contributed by atoms with Crippen molar-refractivity contribution in [2.24, 2.45) is 11.1 Å². The molecule has 0 bridgehead atoms. The summed E-state index contributed by atoms with van der Waals surface area (Å²) in [4.78, 5) is 34.4. The average Bonchev–Trinajstić information content (AvgIpc) is 2.89. The minimum Gasteiger partial charge on any atom is -0.351 e. The van der Waals surface area contributed by atoms with E-state index in [4.69, 9.17) is 28.9 Å². The Bertz CT molecular complexity index is 1120. The molecule has 3 amide bonds. The first-order chi connectivity index (χ1) is 18.9. The Hall–Kier alpha value is -2.32. The average molecular weight is 589 g/mol. The molecule has 2 saturated heterocycles. The molecule has 2 N–H and O–H groups in total. The van der Waals surface area contributed by atoms with Crippen LogP contribution in [-0.2, 0) is 4.79 Å². The number of carbonyl (C=O) groups excluding carboxylic acids is 2. The zero-order valence-corrected chi connectivity index (χ0v) is 25.8. The number of nitrogens with two attached hydrogens (primary N) is 1. The van der Waals surface area contributed by atoms with Gasteiger partial charge >= 0.3 is 6.03 Å². The maximum absolute atomic E-state index is 13.9. The van der Waals surface area contributed by atoms with E-state index in [1.54, 1.807) is 4.90 Å². The maximum Gasteiger partial charge on any atom is 0.315 e. The lowest BCUT2D eigenvalue weighted by atomic mass is 9.83. The summed E-state index contributed by atoms with van der Waals surface area (Å²) in [6, 6.07) is 15.7. The largest absolute Gasteiger partial charge is 0.351 e. The van der Waals surface area contributed by atoms with E-state index in [0.717, 1.165) is 30.6 Å². The van der Waals surface area contributed by atoms with Gasteiger partial charge in [0.2, 0.25) is 5.91 Å². The van der Waals surface area contributed by atoms with Crippen LogP contribution >= 0.6 is 23.2 Å². The van der Waals surface area contributed by atoms with Crippen LogP contribution < -0.4 is 5.73 Å². The lowest BCUT2D eigenvalue weighted by molar-refractivity contribution is -0.142. The SMILES string of the molecule is CC[C@H]1CN(CC(=O)N2CCN(C(c3ccc(Cl)cc3)c3ccc(Cl)cc3)C[C@@H]2C(C)(C)C)C[C@@H](C)N1C(N)=O. The predicted molar refractivity (Wildman–Crippen MR) is 163 cm³/mol. The molecule has 0 aliphatic carbocycles. The highest BCUT2D eigenvalue weighted by molar-refractivity contribution is 6.30. The fourth-order valence-corrected chi connectivity index (χ4v) is 6.65. The number of primary amides is 1. The molecular weight excluding hydrogens is 545 g/mol. The first kappa shape index (κ1) is 30.6. The zero-order chi connectivity index (χ0) is 29.2. The lowest BCUT2D eigenvalue weighted by Gasteiger charge is -2.50. The summed E-state index contributed by atoms with van der Waals surface area (Å²) in [5, 5.41) is 1.41. The number of benzene rings is 2. The number of piperazine rings is 2. The third-order valence-electron chi connectivity index (χ3n) is 8.41. The van der Waals surface area contributed by atoms with Crippen molar-refractivity contribution in [1.82, 2.24) is 19.6 Å². The maximum atomic E-state index is 13.9. The van der Waals surface area contributed by atoms with E-state index in [1.807, 2.05) is 31.2 Å². The normalized spacial score (nSPS) is 23.1. The fraction of sp³-hybridized carbons (Fsp3) is 0.548. The lowest BCUT2D eigenvalue weighted by Crippen LogP contribution is -2.64. The zero-order valence-electron chi connectivity index (χ0n) is 24.3. The first-order valence-corrected chi connectivity index (χ1v) is 15.0. The van der Waals surface area contributed by atoms with Crippen LogP contribution in [0.25, 0.3) is 0 Å². The summed E-state index contributed by atoms with van der Waals surface area (Å²) >= 11 is 12.5. The third kappa shape index (κ3) is 6.93. The number of urea groups is 1. The molecule has 0 saturated carbocycles. The summed E-state index contributed by atoms with van der Waals surface area (Å²) in [6.07, 6.45) is 0.804. The molecule has 9 heteroatoms. The molecule has 2 heterocycles. The fourth-order valence-electron chi connectivity index (χ4n) is 6.40. The molecule has 4 rings (SSSR count). The Labute approximate surface area is 249 Å². The Morgan fingerprint density at radius 2 is 1.48 bits per heavy atom. The molecule has 7 nitrogen and oxygen atoms in total. The van der Waals surface area contributed by atoms with Crippen LogP contribution in [-0.4, -0.2) is 88.9 Å². The molecular formula is C31H43Cl2N5O2. The van der Waals surface area contributed by atoms with E-state index < -0.39 is 0 Å². The van der Waals surface area contributed by atoms with Crippen LogP contribution in [0.1, 0.15) is 58.2 Å². The highest BCUT2D eigenvalue weighted by atomic mass is 35.5. The van der Waals surface area contributed by atoms with Crippen LogP contribution in [0.15, 0.2) is 48.5 Å². The highest BCUT2D eigenvalue weighted by Crippen LogP contribution is 2.36. The summed E-state index contributed by atoms with van der Waals surface area (Å²) in [7, 11) is 0. The molecule has 2 aromatic carbocycles. The van der Waals surface area contributed by atoms with E-state index in [1.165, 1.54) is 0 Å². The van der Waals surface area contributed by atoms with Gasteiger partial charge in [0.15, 0.2) is 0 Å². The summed E-state index contributed by atoms with van der Waals surface area (Å²) < 4.78 is 0. The van der Waals surface area contributed by atoms with Gasteiger partial charge in [-0.25, -0.2) is 4.79 Å². The minimum absolute atomic E-state index is 0.0174. The number of nitrogens with zero attached hydrogens (tertiary/aromatic N) is 4. The van der Waals surface area contributed by atoms with Gasteiger partial charge in [-0.3, -0.25) is 14.6 Å². The predicted octanol–water partition coefficient (Wildman–Crippen LogP) is 5.51. The van der Waals surface area contributed by atoms with Gasteiger partial charge in [-0.15, -0.1) is 0 Å². The Morgan fingerprint density at radius 3 is 1.95 bits per heavy atom. The van der Waals surface area contributed by atoms with Gasteiger partial charge in [0.1, 0.15) is 0 Å². The molecule has 2 aliphatic rings. The molecule has 2 aromatic rings. The number of amides is 3. The van der Waals surface area contributed by atoms with Crippen molar-refractivity contribution < 1.29 is 9.59 Å². The highest BCUT2D eigenvalue weighted by Gasteiger charge is 2.41. The minimum atomic E-state index is -0.384. The topological polar surface area (TPSA) is 73.1 Å². The molecule has 218 valence electrons. The second-order valence-electron chi connectivity index (χ2n) is 12.3. The van der Waals surface area contributed by atoms with Gasteiger partial charge in [0.05, 0.1) is 12.6 Å². The first-order valence-electron chi connectivity index (χ1n) is 14.2. The molecule has 0 aromatic heterocycles. The molecule has 0 spiro atoms. The third-order valence-corrected chi connectivity index (χ3v) is 8.92. The van der Waals surface area contributed by atoms with Gasteiger partial charge < -0.3 is 15.5 Å². The summed E-state index contributed by atoms with van der Waals surface area (Å²) in [5.41, 5.74) is 7.86. The second-order valence-corrected chi connectivity index (χ2v) is 13.2. The standard InChI is InChI=1S/C31H43Cl2N5O2/c1-6-26-18-35(17-21(2)38(26)30(34)40)20-28(39)37-16-15-36(19-27(37)31(3,4)5)29(22-7-11-24(32)12-8-22)23-9-13-25(33)14-10-23/h7-14,21,26-27,29H,6,15-20H2,1-5H3,(H2,34,40)/t21-,26+,27-/m1/s1. The summed E-state index contributed by atoms with van der Waals surface area (Å²) in [6.45, 7) is 14.5. The van der Waals surface area contributed by atoms with Crippen molar-refractivity contribution in [3.63, 3.8) is 0 Å². The van der Waals surface area contributed by atoms with Crippen LogP contribution in [0, 0.1) is 5.41 Å². The molecule has 0 unspecified atom stereocenters. The molecule has 0 radical (unpaired) electrons. The van der Waals surface area contributed by atoms with Crippen molar-refractivity contribution in [2.45, 2.75) is 65.2 Å². The molecule has 40 heavy (non-hydrogen) atoms. The van der Waals surface area contributed by atoms with Crippen LogP contribution in [0.2, 0.25) is 10.0 Å². The van der Waals surface area contributed by atoms with Gasteiger partial charge in [0.25, 0.3) is 0 Å². The van der Waals surface area contributed by atoms with E-state index in [-0.39, 0.29) is 41.5 Å². The summed E-state index contributed by atoms with van der Waals surface area (Å²) in [5.74, 6) is 0.142. The molecule has 3 atom stereocenters. The van der Waals surface area contributed by atoms with E-state index in [9.17, 15) is 9.59 Å². The van der Waals surface area contributed by atoms with Crippen molar-refractivity contribution in [3.05, 3.63) is 69.7 Å².